The van der Waals surface area contributed by atoms with E-state index in [1.165, 1.54) is 28.6 Å². The average Bonchev–Trinajstić information content (AvgIpc) is 2.68. The zero-order valence-corrected chi connectivity index (χ0v) is 9.42. The first kappa shape index (κ1) is 9.73. The molecule has 1 atom stereocenters. The molecule has 3 nitrogen and oxygen atoms in total. The minimum atomic E-state index is 0.169. The van der Waals surface area contributed by atoms with Crippen molar-refractivity contribution in [3.63, 3.8) is 0 Å². The highest BCUT2D eigenvalue weighted by molar-refractivity contribution is 5.86. The van der Waals surface area contributed by atoms with Crippen molar-refractivity contribution in [2.24, 2.45) is 5.73 Å². The smallest absolute Gasteiger partial charge is 0.119 e. The van der Waals surface area contributed by atoms with Crippen molar-refractivity contribution in [2.75, 3.05) is 7.11 Å². The lowest BCUT2D eigenvalue weighted by molar-refractivity contribution is 0.415. The summed E-state index contributed by atoms with van der Waals surface area (Å²) < 4.78 is 5.26. The highest BCUT2D eigenvalue weighted by Gasteiger charge is 2.21. The second-order valence-corrected chi connectivity index (χ2v) is 4.43. The third-order valence-corrected chi connectivity index (χ3v) is 3.46. The van der Waals surface area contributed by atoms with Crippen molar-refractivity contribution in [3.8, 4) is 5.75 Å². The molecule has 2 aromatic rings. The van der Waals surface area contributed by atoms with Crippen LogP contribution in [0.2, 0.25) is 0 Å². The van der Waals surface area contributed by atoms with E-state index < -0.39 is 0 Å². The SMILES string of the molecule is COc1ccc2[nH]c3c(c2c1)CCC[C@H]3N. The summed E-state index contributed by atoms with van der Waals surface area (Å²) in [5.41, 5.74) is 9.89. The van der Waals surface area contributed by atoms with Crippen molar-refractivity contribution < 1.29 is 4.74 Å². The minimum absolute atomic E-state index is 0.169. The van der Waals surface area contributed by atoms with E-state index in [1.54, 1.807) is 7.11 Å². The average molecular weight is 216 g/mol. The number of aryl methyl sites for hydroxylation is 1. The molecule has 1 aliphatic rings. The molecule has 0 spiro atoms. The van der Waals surface area contributed by atoms with Crippen molar-refractivity contribution in [3.05, 3.63) is 29.5 Å². The number of rotatable bonds is 1. The quantitative estimate of drug-likeness (QED) is 0.769. The van der Waals surface area contributed by atoms with Crippen LogP contribution in [0.25, 0.3) is 10.9 Å². The van der Waals surface area contributed by atoms with E-state index in [9.17, 15) is 0 Å². The van der Waals surface area contributed by atoms with E-state index in [0.29, 0.717) is 0 Å². The van der Waals surface area contributed by atoms with Gasteiger partial charge in [-0.2, -0.15) is 0 Å². The Morgan fingerprint density at radius 3 is 3.12 bits per heavy atom. The summed E-state index contributed by atoms with van der Waals surface area (Å²) >= 11 is 0. The maximum absolute atomic E-state index is 6.12. The Hall–Kier alpha value is -1.48. The van der Waals surface area contributed by atoms with Crippen LogP contribution >= 0.6 is 0 Å². The molecule has 1 heterocycles. The molecule has 3 N–H and O–H groups in total. The zero-order chi connectivity index (χ0) is 11.1. The lowest BCUT2D eigenvalue weighted by Crippen LogP contribution is -2.16. The number of fused-ring (bicyclic) bond motifs is 3. The van der Waals surface area contributed by atoms with E-state index >= 15 is 0 Å². The van der Waals surface area contributed by atoms with E-state index in [-0.39, 0.29) is 6.04 Å². The molecule has 0 amide bonds. The predicted octanol–water partition coefficient (Wildman–Crippen LogP) is 2.51. The first-order chi connectivity index (χ1) is 7.79. The van der Waals surface area contributed by atoms with Gasteiger partial charge in [0.2, 0.25) is 0 Å². The third kappa shape index (κ3) is 1.32. The Morgan fingerprint density at radius 2 is 2.31 bits per heavy atom. The van der Waals surface area contributed by atoms with Gasteiger partial charge < -0.3 is 15.5 Å². The number of nitrogens with two attached hydrogens (primary N) is 1. The summed E-state index contributed by atoms with van der Waals surface area (Å²) in [4.78, 5) is 3.44. The Kier molecular flexibility index (Phi) is 2.14. The van der Waals surface area contributed by atoms with Crippen LogP contribution in [-0.2, 0) is 6.42 Å². The molecule has 0 bridgehead atoms. The molecular weight excluding hydrogens is 200 g/mol. The second kappa shape index (κ2) is 3.52. The lowest BCUT2D eigenvalue weighted by atomic mass is 9.92. The predicted molar refractivity (Wildman–Crippen MR) is 64.7 cm³/mol. The first-order valence-electron chi connectivity index (χ1n) is 5.73. The summed E-state index contributed by atoms with van der Waals surface area (Å²) in [5.74, 6) is 0.911. The number of aromatic amines is 1. The maximum Gasteiger partial charge on any atom is 0.119 e. The van der Waals surface area contributed by atoms with Gasteiger partial charge in [-0.25, -0.2) is 0 Å². The van der Waals surface area contributed by atoms with Crippen molar-refractivity contribution in [1.29, 1.82) is 0 Å². The van der Waals surface area contributed by atoms with Gasteiger partial charge in [0.1, 0.15) is 5.75 Å². The second-order valence-electron chi connectivity index (χ2n) is 4.43. The molecule has 1 aromatic carbocycles. The van der Waals surface area contributed by atoms with Crippen LogP contribution in [0, 0.1) is 0 Å². The fraction of sp³-hybridized carbons (Fsp3) is 0.385. The molecule has 0 radical (unpaired) electrons. The topological polar surface area (TPSA) is 51.0 Å². The molecule has 1 aromatic heterocycles. The molecule has 16 heavy (non-hydrogen) atoms. The Morgan fingerprint density at radius 1 is 1.44 bits per heavy atom. The molecule has 84 valence electrons. The van der Waals surface area contributed by atoms with E-state index in [4.69, 9.17) is 10.5 Å². The number of hydrogen-bond acceptors (Lipinski definition) is 2. The van der Waals surface area contributed by atoms with Crippen LogP contribution in [0.5, 0.6) is 5.75 Å². The highest BCUT2D eigenvalue weighted by Crippen LogP contribution is 2.34. The fourth-order valence-electron chi connectivity index (χ4n) is 2.60. The molecule has 0 unspecified atom stereocenters. The van der Waals surface area contributed by atoms with Gasteiger partial charge in [-0.3, -0.25) is 0 Å². The van der Waals surface area contributed by atoms with Crippen LogP contribution in [-0.4, -0.2) is 12.1 Å². The van der Waals surface area contributed by atoms with E-state index in [0.717, 1.165) is 18.6 Å². The van der Waals surface area contributed by atoms with Crippen LogP contribution in [0.4, 0.5) is 0 Å². The van der Waals surface area contributed by atoms with Crippen LogP contribution in [0.15, 0.2) is 18.2 Å². The van der Waals surface area contributed by atoms with Crippen LogP contribution in [0.1, 0.15) is 30.1 Å². The number of H-pyrrole nitrogens is 1. The molecule has 0 fully saturated rings. The van der Waals surface area contributed by atoms with Crippen molar-refractivity contribution in [2.45, 2.75) is 25.3 Å². The number of benzene rings is 1. The first-order valence-corrected chi connectivity index (χ1v) is 5.73. The molecule has 0 aliphatic heterocycles. The molecule has 0 saturated heterocycles. The van der Waals surface area contributed by atoms with E-state index in [1.807, 2.05) is 6.07 Å². The largest absolute Gasteiger partial charge is 0.497 e. The zero-order valence-electron chi connectivity index (χ0n) is 9.42. The number of ether oxygens (including phenoxy) is 1. The summed E-state index contributed by atoms with van der Waals surface area (Å²) in [7, 11) is 1.70. The number of hydrogen-bond donors (Lipinski definition) is 2. The van der Waals surface area contributed by atoms with Gasteiger partial charge in [0.05, 0.1) is 7.11 Å². The monoisotopic (exact) mass is 216 g/mol. The van der Waals surface area contributed by atoms with Gasteiger partial charge in [0.15, 0.2) is 0 Å². The van der Waals surface area contributed by atoms with Crippen LogP contribution in [0.3, 0.4) is 0 Å². The highest BCUT2D eigenvalue weighted by atomic mass is 16.5. The normalized spacial score (nSPS) is 19.8. The minimum Gasteiger partial charge on any atom is -0.497 e. The summed E-state index contributed by atoms with van der Waals surface area (Å²) in [5, 5.41) is 1.27. The van der Waals surface area contributed by atoms with Crippen molar-refractivity contribution >= 4 is 10.9 Å². The fourth-order valence-corrected chi connectivity index (χ4v) is 2.60. The third-order valence-electron chi connectivity index (χ3n) is 3.46. The number of nitrogens with one attached hydrogen (secondary N) is 1. The van der Waals surface area contributed by atoms with Gasteiger partial charge in [-0.1, -0.05) is 0 Å². The summed E-state index contributed by atoms with van der Waals surface area (Å²) in [6.07, 6.45) is 3.38. The van der Waals surface area contributed by atoms with Crippen molar-refractivity contribution in [1.82, 2.24) is 4.98 Å². The van der Waals surface area contributed by atoms with Gasteiger partial charge in [-0.05, 0) is 43.0 Å². The van der Waals surface area contributed by atoms with Gasteiger partial charge in [-0.15, -0.1) is 0 Å². The van der Waals surface area contributed by atoms with Gasteiger partial charge in [0, 0.05) is 22.6 Å². The molecular formula is C13H16N2O. The van der Waals surface area contributed by atoms with Gasteiger partial charge >= 0.3 is 0 Å². The molecule has 3 heteroatoms. The maximum atomic E-state index is 6.12. The molecule has 3 rings (SSSR count). The lowest BCUT2D eigenvalue weighted by Gasteiger charge is -2.18. The summed E-state index contributed by atoms with van der Waals surface area (Å²) in [6, 6.07) is 6.32. The molecule has 0 saturated carbocycles. The Bertz CT molecular complexity index is 530. The standard InChI is InChI=1S/C13H16N2O/c1-16-8-5-6-12-10(7-8)9-3-2-4-11(14)13(9)15-12/h5-7,11,15H,2-4,14H2,1H3/t11-/m1/s1. The summed E-state index contributed by atoms with van der Waals surface area (Å²) in [6.45, 7) is 0. The molecule has 1 aliphatic carbocycles. The Labute approximate surface area is 94.6 Å². The van der Waals surface area contributed by atoms with Gasteiger partial charge in [0.25, 0.3) is 0 Å². The number of methoxy groups -OCH3 is 1. The van der Waals surface area contributed by atoms with E-state index in [2.05, 4.69) is 17.1 Å². The Balaban J connectivity index is 2.25. The van der Waals surface area contributed by atoms with Crippen LogP contribution < -0.4 is 10.5 Å². The number of aromatic nitrogens is 1.